The molecule has 0 unspecified atom stereocenters. The summed E-state index contributed by atoms with van der Waals surface area (Å²) in [6.07, 6.45) is 0. The number of halogens is 1. The molecule has 11 heteroatoms. The number of nitro groups is 1. The van der Waals surface area contributed by atoms with Crippen molar-refractivity contribution < 1.29 is 9.72 Å². The lowest BCUT2D eigenvalue weighted by Crippen LogP contribution is -2.22. The number of carbonyl (C=O) groups is 1. The quantitative estimate of drug-likeness (QED) is 0.229. The highest BCUT2D eigenvalue weighted by molar-refractivity contribution is 8.02. The molecule has 3 rings (SSSR count). The molecule has 162 valence electrons. The van der Waals surface area contributed by atoms with E-state index in [2.05, 4.69) is 46.8 Å². The van der Waals surface area contributed by atoms with Crippen molar-refractivity contribution in [2.45, 2.75) is 36.3 Å². The van der Waals surface area contributed by atoms with Crippen LogP contribution in [-0.4, -0.2) is 26.3 Å². The van der Waals surface area contributed by atoms with E-state index in [4.69, 9.17) is 11.6 Å². The van der Waals surface area contributed by atoms with Gasteiger partial charge in [0.1, 0.15) is 0 Å². The number of non-ortho nitro benzene ring substituents is 1. The van der Waals surface area contributed by atoms with Crippen LogP contribution in [0.1, 0.15) is 32.3 Å². The van der Waals surface area contributed by atoms with E-state index in [1.165, 1.54) is 46.9 Å². The Morgan fingerprint density at radius 1 is 1.16 bits per heavy atom. The summed E-state index contributed by atoms with van der Waals surface area (Å²) in [6.45, 7) is 6.02. The van der Waals surface area contributed by atoms with E-state index in [1.54, 1.807) is 6.92 Å². The van der Waals surface area contributed by atoms with Crippen molar-refractivity contribution in [1.29, 1.82) is 0 Å². The monoisotopic (exact) mass is 477 g/mol. The fourth-order valence-electron chi connectivity index (χ4n) is 2.54. The predicted octanol–water partition coefficient (Wildman–Crippen LogP) is 6.09. The number of nitrogens with zero attached hydrogens (tertiary/aromatic N) is 3. The Bertz CT molecular complexity index is 1090. The number of thioether (sulfide) groups is 1. The van der Waals surface area contributed by atoms with Crippen LogP contribution in [0.15, 0.2) is 46.8 Å². The summed E-state index contributed by atoms with van der Waals surface area (Å²) >= 11 is 8.65. The van der Waals surface area contributed by atoms with Crippen LogP contribution in [-0.2, 0) is 4.79 Å². The summed E-state index contributed by atoms with van der Waals surface area (Å²) in [5.41, 5.74) is 2.34. The second kappa shape index (κ2) is 10.1. The molecule has 2 N–H and O–H groups in total. The first-order chi connectivity index (χ1) is 14.7. The first-order valence-electron chi connectivity index (χ1n) is 9.35. The van der Waals surface area contributed by atoms with Gasteiger partial charge in [0.25, 0.3) is 5.69 Å². The number of carbonyl (C=O) groups excluding carboxylic acids is 1. The summed E-state index contributed by atoms with van der Waals surface area (Å²) in [5.74, 6) is 0.168. The zero-order valence-electron chi connectivity index (χ0n) is 17.0. The van der Waals surface area contributed by atoms with Crippen LogP contribution in [0.4, 0.5) is 22.2 Å². The van der Waals surface area contributed by atoms with Gasteiger partial charge in [-0.15, -0.1) is 10.2 Å². The molecule has 0 radical (unpaired) electrons. The molecule has 1 atom stereocenters. The maximum Gasteiger partial charge on any atom is 0.271 e. The van der Waals surface area contributed by atoms with Gasteiger partial charge in [-0.2, -0.15) is 0 Å². The number of hydrogen-bond acceptors (Lipinski definition) is 8. The molecule has 3 aromatic rings. The van der Waals surface area contributed by atoms with Crippen molar-refractivity contribution in [3.63, 3.8) is 0 Å². The Morgan fingerprint density at radius 2 is 1.87 bits per heavy atom. The van der Waals surface area contributed by atoms with Gasteiger partial charge < -0.3 is 10.6 Å². The van der Waals surface area contributed by atoms with Crippen molar-refractivity contribution in [2.75, 3.05) is 10.6 Å². The summed E-state index contributed by atoms with van der Waals surface area (Å²) in [5, 5.41) is 25.2. The molecule has 1 amide bonds. The maximum absolute atomic E-state index is 12.5. The van der Waals surface area contributed by atoms with Crippen LogP contribution in [0.5, 0.6) is 0 Å². The highest BCUT2D eigenvalue weighted by Gasteiger charge is 2.19. The van der Waals surface area contributed by atoms with Crippen molar-refractivity contribution >= 4 is 62.8 Å². The molecule has 0 aliphatic rings. The number of rotatable bonds is 8. The van der Waals surface area contributed by atoms with Gasteiger partial charge in [-0.05, 0) is 36.6 Å². The minimum atomic E-state index is -0.546. The van der Waals surface area contributed by atoms with Gasteiger partial charge in [0.05, 0.1) is 20.9 Å². The third-order valence-corrected chi connectivity index (χ3v) is 6.64. The molecule has 0 bridgehead atoms. The maximum atomic E-state index is 12.5. The molecule has 0 spiro atoms. The molecule has 0 aliphatic heterocycles. The molecule has 31 heavy (non-hydrogen) atoms. The van der Waals surface area contributed by atoms with Gasteiger partial charge in [0, 0.05) is 17.8 Å². The summed E-state index contributed by atoms with van der Waals surface area (Å²) in [6, 6.07) is 12.0. The Hall–Kier alpha value is -2.69. The lowest BCUT2D eigenvalue weighted by atomic mass is 10.0. The van der Waals surface area contributed by atoms with Crippen LogP contribution >= 0.6 is 34.7 Å². The number of hydrogen-bond donors (Lipinski definition) is 2. The molecule has 0 fully saturated rings. The molecular weight excluding hydrogens is 458 g/mol. The minimum Gasteiger partial charge on any atom is -0.330 e. The number of amides is 1. The lowest BCUT2D eigenvalue weighted by Gasteiger charge is -2.11. The van der Waals surface area contributed by atoms with E-state index in [-0.39, 0.29) is 16.6 Å². The third-order valence-electron chi connectivity index (χ3n) is 4.30. The van der Waals surface area contributed by atoms with Crippen LogP contribution in [0, 0.1) is 10.1 Å². The molecule has 0 aliphatic carbocycles. The number of aromatic nitrogens is 2. The van der Waals surface area contributed by atoms with Gasteiger partial charge in [-0.25, -0.2) is 0 Å². The van der Waals surface area contributed by atoms with E-state index < -0.39 is 10.2 Å². The SMILES string of the molecule is CC(C)c1ccc(Nc2nnc(S[C@@H](C)C(=O)Nc3ccc([N+](=O)[O-])cc3Cl)s2)cc1. The largest absolute Gasteiger partial charge is 0.330 e. The highest BCUT2D eigenvalue weighted by Crippen LogP contribution is 2.32. The fraction of sp³-hybridized carbons (Fsp3) is 0.250. The predicted molar refractivity (Wildman–Crippen MR) is 126 cm³/mol. The fourth-order valence-corrected chi connectivity index (χ4v) is 4.68. The van der Waals surface area contributed by atoms with Crippen LogP contribution in [0.2, 0.25) is 5.02 Å². The lowest BCUT2D eigenvalue weighted by molar-refractivity contribution is -0.384. The summed E-state index contributed by atoms with van der Waals surface area (Å²) in [7, 11) is 0. The highest BCUT2D eigenvalue weighted by atomic mass is 35.5. The molecule has 1 heterocycles. The third kappa shape index (κ3) is 6.16. The van der Waals surface area contributed by atoms with Gasteiger partial charge in [0.15, 0.2) is 4.34 Å². The second-order valence-electron chi connectivity index (χ2n) is 6.95. The first kappa shape index (κ1) is 23.0. The smallest absolute Gasteiger partial charge is 0.271 e. The Kier molecular flexibility index (Phi) is 7.47. The van der Waals surface area contributed by atoms with E-state index >= 15 is 0 Å². The topological polar surface area (TPSA) is 110 Å². The van der Waals surface area contributed by atoms with Crippen molar-refractivity contribution in [3.05, 3.63) is 63.2 Å². The Balaban J connectivity index is 1.58. The molecule has 2 aromatic carbocycles. The van der Waals surface area contributed by atoms with E-state index in [9.17, 15) is 14.9 Å². The zero-order chi connectivity index (χ0) is 22.5. The van der Waals surface area contributed by atoms with E-state index in [1.807, 2.05) is 12.1 Å². The summed E-state index contributed by atoms with van der Waals surface area (Å²) in [4.78, 5) is 22.7. The van der Waals surface area contributed by atoms with Crippen molar-refractivity contribution in [1.82, 2.24) is 10.2 Å². The Morgan fingerprint density at radius 3 is 2.48 bits per heavy atom. The van der Waals surface area contributed by atoms with E-state index in [0.717, 1.165) is 5.69 Å². The minimum absolute atomic E-state index is 0.102. The number of anilines is 3. The Labute approximate surface area is 192 Å². The van der Waals surface area contributed by atoms with Crippen LogP contribution < -0.4 is 10.6 Å². The van der Waals surface area contributed by atoms with Crippen LogP contribution in [0.25, 0.3) is 0 Å². The second-order valence-corrected chi connectivity index (χ2v) is 9.92. The van der Waals surface area contributed by atoms with Crippen LogP contribution in [0.3, 0.4) is 0 Å². The normalized spacial score (nSPS) is 11.9. The molecular formula is C20H20ClN5O3S2. The number of benzene rings is 2. The number of nitro benzene ring substituents is 1. The van der Waals surface area contributed by atoms with Gasteiger partial charge in [0.2, 0.25) is 11.0 Å². The average Bonchev–Trinajstić information content (AvgIpc) is 3.16. The summed E-state index contributed by atoms with van der Waals surface area (Å²) < 4.78 is 0.638. The molecule has 0 saturated heterocycles. The van der Waals surface area contributed by atoms with Gasteiger partial charge >= 0.3 is 0 Å². The molecule has 0 saturated carbocycles. The first-order valence-corrected chi connectivity index (χ1v) is 11.4. The molecule has 1 aromatic heterocycles. The zero-order valence-corrected chi connectivity index (χ0v) is 19.3. The van der Waals surface area contributed by atoms with Crippen molar-refractivity contribution in [3.8, 4) is 0 Å². The van der Waals surface area contributed by atoms with E-state index in [0.29, 0.717) is 21.1 Å². The van der Waals surface area contributed by atoms with Gasteiger partial charge in [-0.1, -0.05) is 60.7 Å². The standard InChI is InChI=1S/C20H20ClN5O3S2/c1-11(2)13-4-6-14(7-5-13)22-19-24-25-20(31-19)30-12(3)18(27)23-17-9-8-15(26(28)29)10-16(17)21/h4-12H,1-3H3,(H,22,24)(H,23,27)/t12-/m0/s1. The van der Waals surface area contributed by atoms with Gasteiger partial charge in [-0.3, -0.25) is 14.9 Å². The number of nitrogens with one attached hydrogen (secondary N) is 2. The average molecular weight is 478 g/mol. The van der Waals surface area contributed by atoms with Crippen molar-refractivity contribution in [2.24, 2.45) is 0 Å². The molecule has 8 nitrogen and oxygen atoms in total.